The van der Waals surface area contributed by atoms with Gasteiger partial charge in [0, 0.05) is 26.7 Å². The van der Waals surface area contributed by atoms with E-state index in [0.717, 1.165) is 30.0 Å². The van der Waals surface area contributed by atoms with Crippen molar-refractivity contribution in [3.8, 4) is 5.75 Å². The Balaban J connectivity index is 2.10. The van der Waals surface area contributed by atoms with Crippen molar-refractivity contribution >= 4 is 11.8 Å². The van der Waals surface area contributed by atoms with Gasteiger partial charge in [0.05, 0.1) is 5.69 Å². The summed E-state index contributed by atoms with van der Waals surface area (Å²) in [6.07, 6.45) is 0.554. The summed E-state index contributed by atoms with van der Waals surface area (Å²) in [6, 6.07) is 4.18. The first-order chi connectivity index (χ1) is 11.7. The zero-order chi connectivity index (χ0) is 18.6. The van der Waals surface area contributed by atoms with Gasteiger partial charge in [0.25, 0.3) is 0 Å². The van der Waals surface area contributed by atoms with E-state index >= 15 is 0 Å². The van der Waals surface area contributed by atoms with Gasteiger partial charge >= 0.3 is 6.09 Å². The van der Waals surface area contributed by atoms with E-state index in [1.807, 2.05) is 41.9 Å². The number of likely N-dealkylation sites (N-methyl/N-ethyl adjacent to an activating group) is 1. The second-order valence-electron chi connectivity index (χ2n) is 7.67. The Morgan fingerprint density at radius 3 is 2.60 bits per heavy atom. The molecule has 1 N–H and O–H groups in total. The van der Waals surface area contributed by atoms with Crippen LogP contribution in [0.15, 0.2) is 12.1 Å². The van der Waals surface area contributed by atoms with Crippen LogP contribution in [0.1, 0.15) is 31.9 Å². The standard InChI is InChI=1S/C19H31N3O3/c1-19(2,3)25-18(23)22-8-7-14-12-17(24-10-9-21(5)6)16(20-4)11-15(14)13-22/h11-12,20H,7-10,13H2,1-6H3. The number of ether oxygens (including phenoxy) is 2. The molecule has 0 fully saturated rings. The van der Waals surface area contributed by atoms with E-state index in [0.29, 0.717) is 19.7 Å². The number of carbonyl (C=O) groups is 1. The Morgan fingerprint density at radius 1 is 1.28 bits per heavy atom. The number of amides is 1. The predicted molar refractivity (Wildman–Crippen MR) is 100 cm³/mol. The molecule has 0 spiro atoms. The van der Waals surface area contributed by atoms with E-state index in [-0.39, 0.29) is 6.09 Å². The van der Waals surface area contributed by atoms with E-state index in [1.54, 1.807) is 4.90 Å². The molecule has 0 unspecified atom stereocenters. The number of nitrogens with one attached hydrogen (secondary N) is 1. The van der Waals surface area contributed by atoms with Gasteiger partial charge < -0.3 is 24.6 Å². The highest BCUT2D eigenvalue weighted by atomic mass is 16.6. The highest BCUT2D eigenvalue weighted by Crippen LogP contribution is 2.32. The lowest BCUT2D eigenvalue weighted by Gasteiger charge is -2.31. The highest BCUT2D eigenvalue weighted by Gasteiger charge is 2.26. The molecule has 0 aliphatic carbocycles. The van der Waals surface area contributed by atoms with Crippen LogP contribution in [0.3, 0.4) is 0 Å². The van der Waals surface area contributed by atoms with Crippen LogP contribution in [-0.2, 0) is 17.7 Å². The smallest absolute Gasteiger partial charge is 0.410 e. The number of carbonyl (C=O) groups excluding carboxylic acids is 1. The van der Waals surface area contributed by atoms with Crippen molar-refractivity contribution in [1.82, 2.24) is 9.80 Å². The Labute approximate surface area is 151 Å². The van der Waals surface area contributed by atoms with Gasteiger partial charge in [-0.05, 0) is 64.5 Å². The lowest BCUT2D eigenvalue weighted by Crippen LogP contribution is -2.39. The van der Waals surface area contributed by atoms with Crippen LogP contribution in [-0.4, -0.2) is 62.3 Å². The van der Waals surface area contributed by atoms with Gasteiger partial charge in [-0.2, -0.15) is 0 Å². The van der Waals surface area contributed by atoms with E-state index < -0.39 is 5.60 Å². The minimum Gasteiger partial charge on any atom is -0.490 e. The van der Waals surface area contributed by atoms with Crippen LogP contribution in [0.25, 0.3) is 0 Å². The quantitative estimate of drug-likeness (QED) is 0.886. The van der Waals surface area contributed by atoms with E-state index in [2.05, 4.69) is 22.3 Å². The molecule has 1 aromatic rings. The lowest BCUT2D eigenvalue weighted by atomic mass is 9.98. The van der Waals surface area contributed by atoms with Gasteiger partial charge in [0.15, 0.2) is 0 Å². The summed E-state index contributed by atoms with van der Waals surface area (Å²) in [4.78, 5) is 16.2. The van der Waals surface area contributed by atoms with Crippen LogP contribution in [0, 0.1) is 0 Å². The Bertz CT molecular complexity index is 609. The number of benzene rings is 1. The molecular weight excluding hydrogens is 318 g/mol. The molecule has 1 aliphatic rings. The first-order valence-electron chi connectivity index (χ1n) is 8.78. The fourth-order valence-corrected chi connectivity index (χ4v) is 2.72. The Kier molecular flexibility index (Phi) is 6.16. The lowest BCUT2D eigenvalue weighted by molar-refractivity contribution is 0.0224. The van der Waals surface area contributed by atoms with Gasteiger partial charge in [0.2, 0.25) is 0 Å². The first kappa shape index (κ1) is 19.4. The molecule has 1 aromatic carbocycles. The summed E-state index contributed by atoms with van der Waals surface area (Å²) < 4.78 is 11.4. The van der Waals surface area contributed by atoms with E-state index in [9.17, 15) is 4.79 Å². The third-order valence-electron chi connectivity index (χ3n) is 4.03. The fraction of sp³-hybridized carbons (Fsp3) is 0.632. The van der Waals surface area contributed by atoms with E-state index in [4.69, 9.17) is 9.47 Å². The Morgan fingerprint density at radius 2 is 2.00 bits per heavy atom. The maximum absolute atomic E-state index is 12.3. The van der Waals surface area contributed by atoms with E-state index in [1.165, 1.54) is 5.56 Å². The van der Waals surface area contributed by atoms with Crippen molar-refractivity contribution in [3.63, 3.8) is 0 Å². The molecule has 0 saturated carbocycles. The molecule has 25 heavy (non-hydrogen) atoms. The molecule has 0 atom stereocenters. The average molecular weight is 349 g/mol. The van der Waals surface area contributed by atoms with Crippen LogP contribution in [0.2, 0.25) is 0 Å². The van der Waals surface area contributed by atoms with Crippen LogP contribution >= 0.6 is 0 Å². The van der Waals surface area contributed by atoms with Crippen LogP contribution < -0.4 is 10.1 Å². The average Bonchev–Trinajstić information content (AvgIpc) is 2.51. The highest BCUT2D eigenvalue weighted by molar-refractivity contribution is 5.69. The second-order valence-corrected chi connectivity index (χ2v) is 7.67. The molecule has 1 heterocycles. The van der Waals surface area contributed by atoms with Crippen molar-refractivity contribution in [3.05, 3.63) is 23.3 Å². The first-order valence-corrected chi connectivity index (χ1v) is 8.78. The van der Waals surface area contributed by atoms with Gasteiger partial charge in [-0.25, -0.2) is 4.79 Å². The van der Waals surface area contributed by atoms with Gasteiger partial charge in [-0.3, -0.25) is 0 Å². The molecule has 1 aliphatic heterocycles. The summed E-state index contributed by atoms with van der Waals surface area (Å²) in [5.41, 5.74) is 2.85. The van der Waals surface area contributed by atoms with Gasteiger partial charge in [-0.1, -0.05) is 0 Å². The van der Waals surface area contributed by atoms with Crippen molar-refractivity contribution < 1.29 is 14.3 Å². The normalized spacial score (nSPS) is 14.3. The minimum atomic E-state index is -0.475. The number of anilines is 1. The Hall–Kier alpha value is -1.95. The van der Waals surface area contributed by atoms with Gasteiger partial charge in [-0.15, -0.1) is 0 Å². The second kappa shape index (κ2) is 7.95. The molecule has 6 heteroatoms. The largest absolute Gasteiger partial charge is 0.490 e. The number of nitrogens with zero attached hydrogens (tertiary/aromatic N) is 2. The summed E-state index contributed by atoms with van der Waals surface area (Å²) in [7, 11) is 5.94. The molecule has 140 valence electrons. The maximum atomic E-state index is 12.3. The zero-order valence-corrected chi connectivity index (χ0v) is 16.3. The molecule has 2 rings (SSSR count). The minimum absolute atomic E-state index is 0.254. The maximum Gasteiger partial charge on any atom is 0.410 e. The summed E-state index contributed by atoms with van der Waals surface area (Å²) in [5, 5.41) is 3.19. The van der Waals surface area contributed by atoms with Crippen molar-refractivity contribution in [2.75, 3.05) is 46.2 Å². The van der Waals surface area contributed by atoms with Crippen molar-refractivity contribution in [2.24, 2.45) is 0 Å². The molecule has 0 radical (unpaired) electrons. The van der Waals surface area contributed by atoms with Gasteiger partial charge in [0.1, 0.15) is 18.0 Å². The summed E-state index contributed by atoms with van der Waals surface area (Å²) in [5.74, 6) is 0.869. The molecule has 0 saturated heterocycles. The fourth-order valence-electron chi connectivity index (χ4n) is 2.72. The molecular formula is C19H31N3O3. The predicted octanol–water partition coefficient (Wildman–Crippen LogP) is 2.96. The zero-order valence-electron chi connectivity index (χ0n) is 16.3. The third kappa shape index (κ3) is 5.53. The number of fused-ring (bicyclic) bond motifs is 1. The topological polar surface area (TPSA) is 54.0 Å². The summed E-state index contributed by atoms with van der Waals surface area (Å²) in [6.45, 7) is 8.41. The van der Waals surface area contributed by atoms with Crippen molar-refractivity contribution in [2.45, 2.75) is 39.3 Å². The number of rotatable bonds is 5. The molecule has 1 amide bonds. The molecule has 6 nitrogen and oxygen atoms in total. The monoisotopic (exact) mass is 349 g/mol. The number of hydrogen-bond donors (Lipinski definition) is 1. The SMILES string of the molecule is CNc1cc2c(cc1OCCN(C)C)CCN(C(=O)OC(C)(C)C)C2. The van der Waals surface area contributed by atoms with Crippen LogP contribution in [0.4, 0.5) is 10.5 Å². The summed E-state index contributed by atoms with van der Waals surface area (Å²) >= 11 is 0. The third-order valence-corrected chi connectivity index (χ3v) is 4.03. The number of hydrogen-bond acceptors (Lipinski definition) is 5. The molecule has 0 aromatic heterocycles. The van der Waals surface area contributed by atoms with Crippen LogP contribution in [0.5, 0.6) is 5.75 Å². The van der Waals surface area contributed by atoms with Crippen molar-refractivity contribution in [1.29, 1.82) is 0 Å². The molecule has 0 bridgehead atoms.